The standard InChI is InChI=1S/C19H33N5O10/c1-9-23-12-14(27)17(11(8-25)33-18(12)31-9)34-19-16(29)15(28)13(26)10(32-19)7-21-4-6-30-5-2-3-22-24-20/h10-19,21,25-29H,2-8H2,1H3/t10?,11?,12?,13-,14+,15-,16?,17+,18-,19-/m0/s1. The lowest BCUT2D eigenvalue weighted by molar-refractivity contribution is -0.338. The van der Waals surface area contributed by atoms with E-state index in [0.717, 1.165) is 0 Å². The van der Waals surface area contributed by atoms with Crippen molar-refractivity contribution < 1.29 is 49.2 Å². The van der Waals surface area contributed by atoms with Gasteiger partial charge in [-0.15, -0.1) is 0 Å². The molecular formula is C19H33N5O10. The number of hydrogen-bond acceptors (Lipinski definition) is 13. The van der Waals surface area contributed by atoms with Gasteiger partial charge in [-0.3, -0.25) is 0 Å². The average molecular weight is 491 g/mol. The van der Waals surface area contributed by atoms with E-state index in [-0.39, 0.29) is 6.54 Å². The summed E-state index contributed by atoms with van der Waals surface area (Å²) in [5.74, 6) is 0.324. The van der Waals surface area contributed by atoms with Crippen molar-refractivity contribution in [2.75, 3.05) is 39.5 Å². The van der Waals surface area contributed by atoms with Gasteiger partial charge in [0, 0.05) is 38.1 Å². The fourth-order valence-corrected chi connectivity index (χ4v) is 3.99. The van der Waals surface area contributed by atoms with Crippen LogP contribution in [0.25, 0.3) is 10.4 Å². The first kappa shape index (κ1) is 27.0. The van der Waals surface area contributed by atoms with Crippen LogP contribution in [0.4, 0.5) is 0 Å². The molecule has 0 amide bonds. The summed E-state index contributed by atoms with van der Waals surface area (Å²) >= 11 is 0. The van der Waals surface area contributed by atoms with Crippen LogP contribution in [0.1, 0.15) is 13.3 Å². The Morgan fingerprint density at radius 1 is 1.09 bits per heavy atom. The lowest BCUT2D eigenvalue weighted by atomic mass is 9.96. The summed E-state index contributed by atoms with van der Waals surface area (Å²) < 4.78 is 27.8. The maximum absolute atomic E-state index is 10.7. The average Bonchev–Trinajstić information content (AvgIpc) is 3.21. The van der Waals surface area contributed by atoms with E-state index in [2.05, 4.69) is 20.3 Å². The Balaban J connectivity index is 1.51. The lowest BCUT2D eigenvalue weighted by Crippen LogP contribution is -2.64. The molecule has 0 aliphatic carbocycles. The van der Waals surface area contributed by atoms with Gasteiger partial charge in [-0.2, -0.15) is 0 Å². The molecule has 15 heteroatoms. The van der Waals surface area contributed by atoms with E-state index < -0.39 is 68.0 Å². The van der Waals surface area contributed by atoms with E-state index in [1.54, 1.807) is 6.92 Å². The molecule has 3 heterocycles. The summed E-state index contributed by atoms with van der Waals surface area (Å²) in [7, 11) is 0. The van der Waals surface area contributed by atoms with Crippen molar-refractivity contribution in [1.29, 1.82) is 0 Å². The predicted octanol–water partition coefficient (Wildman–Crippen LogP) is -2.62. The molecule has 0 aromatic carbocycles. The Hall–Kier alpha value is -1.62. The van der Waals surface area contributed by atoms with Gasteiger partial charge >= 0.3 is 0 Å². The van der Waals surface area contributed by atoms with Gasteiger partial charge in [0.25, 0.3) is 0 Å². The number of nitrogens with zero attached hydrogens (tertiary/aromatic N) is 4. The normalized spacial score (nSPS) is 39.6. The molecule has 10 atom stereocenters. The number of hydrogen-bond donors (Lipinski definition) is 6. The minimum atomic E-state index is -1.61. The van der Waals surface area contributed by atoms with Crippen LogP contribution >= 0.6 is 0 Å². The Kier molecular flexibility index (Phi) is 10.2. The molecule has 4 unspecified atom stereocenters. The topological polar surface area (TPSA) is 220 Å². The predicted molar refractivity (Wildman–Crippen MR) is 114 cm³/mol. The van der Waals surface area contributed by atoms with Crippen LogP contribution < -0.4 is 5.32 Å². The van der Waals surface area contributed by atoms with Crippen molar-refractivity contribution in [1.82, 2.24) is 5.32 Å². The fourth-order valence-electron chi connectivity index (χ4n) is 3.99. The molecule has 0 aromatic heterocycles. The fraction of sp³-hybridized carbons (Fsp3) is 0.947. The quantitative estimate of drug-likeness (QED) is 0.0718. The second-order valence-corrected chi connectivity index (χ2v) is 8.21. The van der Waals surface area contributed by atoms with Crippen molar-refractivity contribution >= 4 is 5.90 Å². The third kappa shape index (κ3) is 6.53. The molecular weight excluding hydrogens is 458 g/mol. The number of aliphatic hydroxyl groups is 5. The van der Waals surface area contributed by atoms with E-state index in [0.29, 0.717) is 38.6 Å². The maximum atomic E-state index is 10.7. The van der Waals surface area contributed by atoms with Crippen molar-refractivity contribution in [2.24, 2.45) is 10.1 Å². The summed E-state index contributed by atoms with van der Waals surface area (Å²) in [6.45, 7) is 2.77. The van der Waals surface area contributed by atoms with Crippen LogP contribution in [-0.2, 0) is 23.7 Å². The monoisotopic (exact) mass is 491 g/mol. The Morgan fingerprint density at radius 2 is 1.88 bits per heavy atom. The largest absolute Gasteiger partial charge is 0.450 e. The van der Waals surface area contributed by atoms with Crippen LogP contribution in [0.3, 0.4) is 0 Å². The third-order valence-corrected chi connectivity index (χ3v) is 5.78. The molecule has 0 radical (unpaired) electrons. The van der Waals surface area contributed by atoms with Gasteiger partial charge in [0.05, 0.1) is 13.2 Å². The Bertz CT molecular complexity index is 726. The summed E-state index contributed by atoms with van der Waals surface area (Å²) in [4.78, 5) is 6.83. The van der Waals surface area contributed by atoms with Crippen LogP contribution in [0, 0.1) is 0 Å². The van der Waals surface area contributed by atoms with Crippen LogP contribution in [0.15, 0.2) is 10.1 Å². The molecule has 2 saturated heterocycles. The molecule has 3 aliphatic rings. The molecule has 6 N–H and O–H groups in total. The molecule has 15 nitrogen and oxygen atoms in total. The molecule has 2 fully saturated rings. The zero-order valence-electron chi connectivity index (χ0n) is 18.8. The third-order valence-electron chi connectivity index (χ3n) is 5.78. The highest BCUT2D eigenvalue weighted by molar-refractivity contribution is 5.75. The highest BCUT2D eigenvalue weighted by atomic mass is 16.7. The molecule has 3 aliphatic heterocycles. The van der Waals surface area contributed by atoms with Crippen molar-refractivity contribution in [2.45, 2.75) is 74.7 Å². The number of aliphatic hydroxyl groups excluding tert-OH is 5. The summed E-state index contributed by atoms with van der Waals surface area (Å²) in [6.07, 6.45) is -10.6. The van der Waals surface area contributed by atoms with Gasteiger partial charge in [0.15, 0.2) is 12.2 Å². The summed E-state index contributed by atoms with van der Waals surface area (Å²) in [6, 6.07) is -0.784. The van der Waals surface area contributed by atoms with Gasteiger partial charge in [-0.25, -0.2) is 4.99 Å². The Morgan fingerprint density at radius 3 is 2.62 bits per heavy atom. The first-order valence-electron chi connectivity index (χ1n) is 11.2. The number of ether oxygens (including phenoxy) is 5. The van der Waals surface area contributed by atoms with Crippen molar-refractivity contribution in [3.05, 3.63) is 10.4 Å². The van der Waals surface area contributed by atoms with Gasteiger partial charge in [0.2, 0.25) is 6.29 Å². The van der Waals surface area contributed by atoms with Crippen molar-refractivity contribution in [3.8, 4) is 0 Å². The smallest absolute Gasteiger partial charge is 0.227 e. The SMILES string of the molecule is CC1=NC2[C@@H](O1)OC(CO)[C@@H](O[C@@H]1OC(CNCCOCCCN=[N+]=[N-])[C@H](O)[C@H](O)C1O)[C@@H]2O. The van der Waals surface area contributed by atoms with Crippen LogP contribution in [0.5, 0.6) is 0 Å². The van der Waals surface area contributed by atoms with Gasteiger partial charge in [0.1, 0.15) is 48.8 Å². The highest BCUT2D eigenvalue weighted by Gasteiger charge is 2.52. The maximum Gasteiger partial charge on any atom is 0.227 e. The first-order chi connectivity index (χ1) is 16.4. The summed E-state index contributed by atoms with van der Waals surface area (Å²) in [5.41, 5.74) is 8.21. The van der Waals surface area contributed by atoms with Gasteiger partial charge in [-0.1, -0.05) is 5.11 Å². The van der Waals surface area contributed by atoms with Crippen molar-refractivity contribution in [3.63, 3.8) is 0 Å². The minimum Gasteiger partial charge on any atom is -0.450 e. The number of aliphatic imine (C=N–C) groups is 1. The number of azide groups is 1. The summed E-state index contributed by atoms with van der Waals surface area (Å²) in [5, 5.41) is 57.9. The number of rotatable bonds is 12. The van der Waals surface area contributed by atoms with E-state index in [1.807, 2.05) is 0 Å². The van der Waals surface area contributed by atoms with Gasteiger partial charge in [-0.05, 0) is 12.0 Å². The molecule has 194 valence electrons. The molecule has 0 spiro atoms. The zero-order valence-corrected chi connectivity index (χ0v) is 18.8. The molecule has 0 bridgehead atoms. The van der Waals surface area contributed by atoms with Gasteiger partial charge < -0.3 is 54.5 Å². The van der Waals surface area contributed by atoms with Crippen LogP contribution in [-0.4, -0.2) is 132 Å². The highest BCUT2D eigenvalue weighted by Crippen LogP contribution is 2.32. The second-order valence-electron chi connectivity index (χ2n) is 8.21. The minimum absolute atomic E-state index is 0.113. The molecule has 3 rings (SSSR count). The van der Waals surface area contributed by atoms with Crippen LogP contribution in [0.2, 0.25) is 0 Å². The lowest BCUT2D eigenvalue weighted by Gasteiger charge is -2.45. The zero-order chi connectivity index (χ0) is 24.7. The Labute approximate surface area is 195 Å². The second kappa shape index (κ2) is 12.9. The van der Waals surface area contributed by atoms with E-state index >= 15 is 0 Å². The van der Waals surface area contributed by atoms with E-state index in [4.69, 9.17) is 29.2 Å². The molecule has 34 heavy (non-hydrogen) atoms. The number of fused-ring (bicyclic) bond motifs is 1. The van der Waals surface area contributed by atoms with E-state index in [9.17, 15) is 25.5 Å². The molecule has 0 aromatic rings. The number of nitrogens with one attached hydrogen (secondary N) is 1. The first-order valence-corrected chi connectivity index (χ1v) is 11.2. The molecule has 0 saturated carbocycles. The van der Waals surface area contributed by atoms with E-state index in [1.165, 1.54) is 0 Å².